The van der Waals surface area contributed by atoms with E-state index in [1.54, 1.807) is 6.07 Å². The molecule has 1 aliphatic heterocycles. The van der Waals surface area contributed by atoms with E-state index in [-0.39, 0.29) is 23.2 Å². The molecule has 0 aliphatic carbocycles. The van der Waals surface area contributed by atoms with Crippen LogP contribution in [0, 0.1) is 5.82 Å². The lowest BCUT2D eigenvalue weighted by atomic mass is 10.2. The number of hydrogen-bond donors (Lipinski definition) is 0. The Morgan fingerprint density at radius 1 is 1.41 bits per heavy atom. The molecule has 0 radical (unpaired) electrons. The van der Waals surface area contributed by atoms with Crippen molar-refractivity contribution < 1.29 is 18.4 Å². The highest BCUT2D eigenvalue weighted by atomic mass is 35.5. The summed E-state index contributed by atoms with van der Waals surface area (Å²) in [5, 5.41) is 4.04. The molecule has 146 valence electrons. The Hall–Kier alpha value is -2.12. The quantitative estimate of drug-likeness (QED) is 0.716. The number of rotatable bonds is 7. The lowest BCUT2D eigenvalue weighted by Gasteiger charge is -2.25. The minimum absolute atomic E-state index is 0.0493. The number of benzene rings is 1. The van der Waals surface area contributed by atoms with Crippen LogP contribution in [-0.4, -0.2) is 53.1 Å². The van der Waals surface area contributed by atoms with Crippen LogP contribution in [0.1, 0.15) is 36.5 Å². The van der Waals surface area contributed by atoms with Gasteiger partial charge in [0.2, 0.25) is 0 Å². The van der Waals surface area contributed by atoms with Crippen LogP contribution < -0.4 is 4.74 Å². The minimum Gasteiger partial charge on any atom is -0.484 e. The van der Waals surface area contributed by atoms with E-state index >= 15 is 0 Å². The molecule has 2 heterocycles. The van der Waals surface area contributed by atoms with Gasteiger partial charge in [-0.3, -0.25) is 9.69 Å². The fourth-order valence-corrected chi connectivity index (χ4v) is 3.57. The zero-order valence-electron chi connectivity index (χ0n) is 15.5. The highest BCUT2D eigenvalue weighted by Gasteiger charge is 2.31. The molecule has 8 heteroatoms. The predicted octanol–water partition coefficient (Wildman–Crippen LogP) is 3.60. The monoisotopic (exact) mass is 395 g/mol. The number of hydrogen-bond acceptors (Lipinski definition) is 5. The van der Waals surface area contributed by atoms with Crippen LogP contribution in [0.4, 0.5) is 4.39 Å². The first-order valence-electron chi connectivity index (χ1n) is 9.08. The molecule has 3 rings (SSSR count). The van der Waals surface area contributed by atoms with Crippen LogP contribution in [0.3, 0.4) is 0 Å². The van der Waals surface area contributed by atoms with E-state index in [1.165, 1.54) is 18.2 Å². The van der Waals surface area contributed by atoms with Gasteiger partial charge in [-0.2, -0.15) is 0 Å². The highest BCUT2D eigenvalue weighted by Crippen LogP contribution is 2.26. The molecule has 2 aromatic rings. The van der Waals surface area contributed by atoms with Crippen molar-refractivity contribution >= 4 is 17.5 Å². The van der Waals surface area contributed by atoms with Gasteiger partial charge < -0.3 is 14.2 Å². The molecule has 0 saturated carbocycles. The maximum atomic E-state index is 13.1. The van der Waals surface area contributed by atoms with Gasteiger partial charge in [-0.15, -0.1) is 0 Å². The molecule has 1 amide bonds. The maximum absolute atomic E-state index is 13.1. The molecular weight excluding hydrogens is 373 g/mol. The van der Waals surface area contributed by atoms with Crippen LogP contribution in [0.25, 0.3) is 0 Å². The van der Waals surface area contributed by atoms with Gasteiger partial charge in [0.1, 0.15) is 18.2 Å². The summed E-state index contributed by atoms with van der Waals surface area (Å²) in [7, 11) is 0. The summed E-state index contributed by atoms with van der Waals surface area (Å²) < 4.78 is 23.8. The average Bonchev–Trinajstić information content (AvgIpc) is 3.31. The Morgan fingerprint density at radius 2 is 2.19 bits per heavy atom. The van der Waals surface area contributed by atoms with Crippen molar-refractivity contribution in [2.45, 2.75) is 32.9 Å². The van der Waals surface area contributed by atoms with Crippen LogP contribution in [0.5, 0.6) is 5.75 Å². The zero-order chi connectivity index (χ0) is 19.4. The number of nitrogens with zero attached hydrogens (tertiary/aromatic N) is 3. The van der Waals surface area contributed by atoms with E-state index in [2.05, 4.69) is 23.9 Å². The minimum atomic E-state index is -0.437. The molecule has 1 atom stereocenters. The standard InChI is InChI=1S/C19H23ClFN3O3/c1-3-23(4-2)14-7-8-24(11-14)19(25)17-10-15(27-22-17)12-26-18-6-5-13(21)9-16(18)20/h5-6,9-10,14H,3-4,7-8,11-12H2,1-2H3/t14-/m1/s1. The number of amides is 1. The number of halogens is 2. The summed E-state index contributed by atoms with van der Waals surface area (Å²) >= 11 is 5.92. The number of likely N-dealkylation sites (tertiary alicyclic amines) is 1. The van der Waals surface area contributed by atoms with Crippen LogP contribution in [0.2, 0.25) is 5.02 Å². The molecular formula is C19H23ClFN3O3. The summed E-state index contributed by atoms with van der Waals surface area (Å²) in [5.74, 6) is 0.162. The Labute approximate surface area is 162 Å². The van der Waals surface area contributed by atoms with Crippen molar-refractivity contribution in [2.24, 2.45) is 0 Å². The summed E-state index contributed by atoms with van der Waals surface area (Å²) in [4.78, 5) is 16.8. The van der Waals surface area contributed by atoms with Crippen molar-refractivity contribution in [3.8, 4) is 5.75 Å². The van der Waals surface area contributed by atoms with Gasteiger partial charge in [-0.1, -0.05) is 30.6 Å². The molecule has 6 nitrogen and oxygen atoms in total. The third-order valence-corrected chi connectivity index (χ3v) is 5.12. The highest BCUT2D eigenvalue weighted by molar-refractivity contribution is 6.32. The first-order chi connectivity index (χ1) is 13.0. The van der Waals surface area contributed by atoms with E-state index in [0.29, 0.717) is 30.6 Å². The number of carbonyl (C=O) groups excluding carboxylic acids is 1. The van der Waals surface area contributed by atoms with E-state index < -0.39 is 5.82 Å². The van der Waals surface area contributed by atoms with E-state index in [0.717, 1.165) is 19.5 Å². The van der Waals surface area contributed by atoms with Crippen molar-refractivity contribution in [1.29, 1.82) is 0 Å². The Bertz CT molecular complexity index is 794. The molecule has 0 N–H and O–H groups in total. The van der Waals surface area contributed by atoms with Gasteiger partial charge in [-0.25, -0.2) is 4.39 Å². The lowest BCUT2D eigenvalue weighted by Crippen LogP contribution is -2.38. The smallest absolute Gasteiger partial charge is 0.276 e. The molecule has 1 saturated heterocycles. The van der Waals surface area contributed by atoms with E-state index in [9.17, 15) is 9.18 Å². The molecule has 0 bridgehead atoms. The largest absolute Gasteiger partial charge is 0.484 e. The second kappa shape index (κ2) is 8.71. The van der Waals surface area contributed by atoms with Gasteiger partial charge in [-0.05, 0) is 37.7 Å². The topological polar surface area (TPSA) is 58.8 Å². The normalized spacial score (nSPS) is 16.9. The van der Waals surface area contributed by atoms with E-state index in [4.69, 9.17) is 20.9 Å². The molecule has 1 aromatic heterocycles. The molecule has 0 spiro atoms. The van der Waals surface area contributed by atoms with Crippen LogP contribution in [-0.2, 0) is 6.61 Å². The zero-order valence-corrected chi connectivity index (χ0v) is 16.2. The Balaban J connectivity index is 1.58. The third-order valence-electron chi connectivity index (χ3n) is 4.82. The fraction of sp³-hybridized carbons (Fsp3) is 0.474. The predicted molar refractivity (Wildman–Crippen MR) is 99.5 cm³/mol. The molecule has 1 aliphatic rings. The second-order valence-electron chi connectivity index (χ2n) is 6.46. The Morgan fingerprint density at radius 3 is 2.89 bits per heavy atom. The SMILES string of the molecule is CCN(CC)[C@@H]1CCN(C(=O)c2cc(COc3ccc(F)cc3Cl)on2)C1. The van der Waals surface area contributed by atoms with Crippen LogP contribution in [0.15, 0.2) is 28.8 Å². The fourth-order valence-electron chi connectivity index (χ4n) is 3.35. The van der Waals surface area contributed by atoms with Crippen molar-refractivity contribution in [3.63, 3.8) is 0 Å². The summed E-state index contributed by atoms with van der Waals surface area (Å²) in [6.07, 6.45) is 0.963. The third kappa shape index (κ3) is 4.59. The number of aromatic nitrogens is 1. The summed E-state index contributed by atoms with van der Waals surface area (Å²) in [5.41, 5.74) is 0.263. The molecule has 0 unspecified atom stereocenters. The van der Waals surface area contributed by atoms with Gasteiger partial charge in [0.15, 0.2) is 11.5 Å². The average molecular weight is 396 g/mol. The first-order valence-corrected chi connectivity index (χ1v) is 9.46. The summed E-state index contributed by atoms with van der Waals surface area (Å²) in [6, 6.07) is 5.84. The van der Waals surface area contributed by atoms with Gasteiger partial charge in [0, 0.05) is 25.2 Å². The molecule has 27 heavy (non-hydrogen) atoms. The summed E-state index contributed by atoms with van der Waals surface area (Å²) in [6.45, 7) is 7.67. The molecule has 1 aromatic carbocycles. The van der Waals surface area contributed by atoms with Crippen molar-refractivity contribution in [2.75, 3.05) is 26.2 Å². The Kier molecular flexibility index (Phi) is 6.34. The van der Waals surface area contributed by atoms with Crippen molar-refractivity contribution in [3.05, 3.63) is 46.6 Å². The lowest BCUT2D eigenvalue weighted by molar-refractivity contribution is 0.0767. The second-order valence-corrected chi connectivity index (χ2v) is 6.86. The molecule has 1 fully saturated rings. The van der Waals surface area contributed by atoms with Gasteiger partial charge in [0.05, 0.1) is 5.02 Å². The number of ether oxygens (including phenoxy) is 1. The maximum Gasteiger partial charge on any atom is 0.276 e. The van der Waals surface area contributed by atoms with Crippen molar-refractivity contribution in [1.82, 2.24) is 15.0 Å². The first kappa shape index (κ1) is 19.6. The van der Waals surface area contributed by atoms with E-state index in [1.807, 2.05) is 4.90 Å². The van der Waals surface area contributed by atoms with Gasteiger partial charge in [0.25, 0.3) is 5.91 Å². The number of likely N-dealkylation sites (N-methyl/N-ethyl adjacent to an activating group) is 1. The van der Waals surface area contributed by atoms with Crippen LogP contribution >= 0.6 is 11.6 Å². The number of carbonyl (C=O) groups is 1. The van der Waals surface area contributed by atoms with Gasteiger partial charge >= 0.3 is 0 Å².